The summed E-state index contributed by atoms with van der Waals surface area (Å²) in [5, 5.41) is 0. The van der Waals surface area contributed by atoms with Gasteiger partial charge in [-0.15, -0.1) is 11.6 Å². The number of halogens is 4. The fourth-order valence-corrected chi connectivity index (χ4v) is 0.202. The van der Waals surface area contributed by atoms with Crippen LogP contribution in [0, 0.1) is 0 Å². The van der Waals surface area contributed by atoms with Crippen molar-refractivity contribution in [3.63, 3.8) is 0 Å². The Morgan fingerprint density at radius 2 is 2.00 bits per heavy atom. The molecular weight excluding hydrogens is 189 g/mol. The van der Waals surface area contributed by atoms with Crippen LogP contribution in [0.1, 0.15) is 0 Å². The molecule has 1 unspecified atom stereocenters. The van der Waals surface area contributed by atoms with Gasteiger partial charge in [0.2, 0.25) is 0 Å². The molecule has 0 N–H and O–H groups in total. The smallest absolute Gasteiger partial charge is 0.209 e. The van der Waals surface area contributed by atoms with Crippen LogP contribution >= 0.6 is 27.5 Å². The van der Waals surface area contributed by atoms with Gasteiger partial charge in [0.1, 0.15) is 0 Å². The van der Waals surface area contributed by atoms with E-state index in [1.165, 1.54) is 0 Å². The maximum absolute atomic E-state index is 11.3. The van der Waals surface area contributed by atoms with Crippen LogP contribution < -0.4 is 0 Å². The third kappa shape index (κ3) is 3.23. The molecule has 0 rings (SSSR count). The molecule has 0 saturated heterocycles. The first-order valence-corrected chi connectivity index (χ1v) is 3.11. The molecule has 44 valence electrons. The summed E-state index contributed by atoms with van der Waals surface area (Å²) in [7, 11) is 0. The SMILES string of the molecule is FC(F)C(Br)CCl. The third-order valence-electron chi connectivity index (χ3n) is 0.421. The van der Waals surface area contributed by atoms with Crippen molar-refractivity contribution >= 4 is 27.5 Å². The van der Waals surface area contributed by atoms with Gasteiger partial charge in [-0.1, -0.05) is 15.9 Å². The number of alkyl halides is 4. The first kappa shape index (κ1) is 7.63. The average Bonchev–Trinajstić information content (AvgIpc) is 1.65. The average molecular weight is 193 g/mol. The van der Waals surface area contributed by atoms with Crippen LogP contribution in [0.25, 0.3) is 0 Å². The van der Waals surface area contributed by atoms with E-state index in [2.05, 4.69) is 15.9 Å². The zero-order chi connectivity index (χ0) is 5.86. The molecule has 0 heterocycles. The molecule has 0 fully saturated rings. The molecule has 0 aliphatic heterocycles. The molecule has 0 aliphatic carbocycles. The Labute approximate surface area is 54.0 Å². The van der Waals surface area contributed by atoms with E-state index in [1.807, 2.05) is 0 Å². The lowest BCUT2D eigenvalue weighted by Gasteiger charge is -1.99. The van der Waals surface area contributed by atoms with Gasteiger partial charge in [0.25, 0.3) is 6.43 Å². The first-order chi connectivity index (χ1) is 3.18. The fourth-order valence-electron chi connectivity index (χ4n) is 0.0673. The summed E-state index contributed by atoms with van der Waals surface area (Å²) in [5.41, 5.74) is 0. The van der Waals surface area contributed by atoms with E-state index in [1.54, 1.807) is 0 Å². The van der Waals surface area contributed by atoms with E-state index < -0.39 is 11.3 Å². The van der Waals surface area contributed by atoms with Crippen molar-refractivity contribution in [3.05, 3.63) is 0 Å². The highest BCUT2D eigenvalue weighted by Crippen LogP contribution is 2.11. The van der Waals surface area contributed by atoms with Crippen molar-refractivity contribution in [2.24, 2.45) is 0 Å². The van der Waals surface area contributed by atoms with E-state index in [-0.39, 0.29) is 5.88 Å². The van der Waals surface area contributed by atoms with Crippen molar-refractivity contribution in [1.29, 1.82) is 0 Å². The summed E-state index contributed by atoms with van der Waals surface area (Å²) in [6.45, 7) is 0. The molecule has 4 heteroatoms. The number of hydrogen-bond acceptors (Lipinski definition) is 0. The zero-order valence-electron chi connectivity index (χ0n) is 3.37. The molecule has 0 saturated carbocycles. The van der Waals surface area contributed by atoms with Crippen molar-refractivity contribution < 1.29 is 8.78 Å². The lowest BCUT2D eigenvalue weighted by atomic mass is 10.5. The zero-order valence-corrected chi connectivity index (χ0v) is 5.72. The minimum Gasteiger partial charge on any atom is -0.209 e. The second kappa shape index (κ2) is 3.61. The van der Waals surface area contributed by atoms with Crippen LogP contribution in [0.5, 0.6) is 0 Å². The lowest BCUT2D eigenvalue weighted by Crippen LogP contribution is -2.10. The Morgan fingerprint density at radius 1 is 1.57 bits per heavy atom. The minimum absolute atomic E-state index is 0.0440. The van der Waals surface area contributed by atoms with Crippen LogP contribution in [-0.4, -0.2) is 17.1 Å². The molecule has 0 aromatic carbocycles. The van der Waals surface area contributed by atoms with Crippen molar-refractivity contribution in [2.45, 2.75) is 11.3 Å². The van der Waals surface area contributed by atoms with E-state index >= 15 is 0 Å². The molecule has 0 aliphatic rings. The first-order valence-electron chi connectivity index (χ1n) is 1.66. The molecule has 0 radical (unpaired) electrons. The molecule has 0 bridgehead atoms. The van der Waals surface area contributed by atoms with E-state index in [0.29, 0.717) is 0 Å². The molecule has 0 spiro atoms. The monoisotopic (exact) mass is 192 g/mol. The van der Waals surface area contributed by atoms with E-state index in [0.717, 1.165) is 0 Å². The third-order valence-corrected chi connectivity index (χ3v) is 1.85. The van der Waals surface area contributed by atoms with E-state index in [9.17, 15) is 8.78 Å². The Morgan fingerprint density at radius 3 is 2.00 bits per heavy atom. The summed E-state index contributed by atoms with van der Waals surface area (Å²) < 4.78 is 22.6. The Hall–Kier alpha value is 0.630. The Bertz CT molecular complexity index is 50.2. The second-order valence-electron chi connectivity index (χ2n) is 1.00. The van der Waals surface area contributed by atoms with Crippen molar-refractivity contribution in [3.8, 4) is 0 Å². The molecular formula is C3H4BrClF2. The van der Waals surface area contributed by atoms with Gasteiger partial charge in [0.05, 0.1) is 4.83 Å². The molecule has 0 amide bonds. The van der Waals surface area contributed by atoms with Crippen molar-refractivity contribution in [1.82, 2.24) is 0 Å². The summed E-state index contributed by atoms with van der Waals surface area (Å²) in [4.78, 5) is -0.853. The topological polar surface area (TPSA) is 0 Å². The molecule has 7 heavy (non-hydrogen) atoms. The second-order valence-corrected chi connectivity index (χ2v) is 2.49. The Kier molecular flexibility index (Phi) is 3.93. The molecule has 1 atom stereocenters. The number of rotatable bonds is 2. The van der Waals surface area contributed by atoms with Gasteiger partial charge in [-0.3, -0.25) is 0 Å². The van der Waals surface area contributed by atoms with Crippen LogP contribution in [0.4, 0.5) is 8.78 Å². The van der Waals surface area contributed by atoms with Gasteiger partial charge in [0, 0.05) is 5.88 Å². The van der Waals surface area contributed by atoms with Gasteiger partial charge in [-0.25, -0.2) is 8.78 Å². The summed E-state index contributed by atoms with van der Waals surface area (Å²) in [6.07, 6.45) is -2.35. The maximum atomic E-state index is 11.3. The van der Waals surface area contributed by atoms with Crippen molar-refractivity contribution in [2.75, 3.05) is 5.88 Å². The highest BCUT2D eigenvalue weighted by Gasteiger charge is 2.13. The number of hydrogen-bond donors (Lipinski definition) is 0. The van der Waals surface area contributed by atoms with E-state index in [4.69, 9.17) is 11.6 Å². The van der Waals surface area contributed by atoms with Crippen LogP contribution in [0.15, 0.2) is 0 Å². The lowest BCUT2D eigenvalue weighted by molar-refractivity contribution is 0.153. The van der Waals surface area contributed by atoms with Crippen LogP contribution in [0.3, 0.4) is 0 Å². The maximum Gasteiger partial charge on any atom is 0.252 e. The summed E-state index contributed by atoms with van der Waals surface area (Å²) in [6, 6.07) is 0. The normalized spacial score (nSPS) is 15.0. The van der Waals surface area contributed by atoms with Gasteiger partial charge >= 0.3 is 0 Å². The predicted octanol–water partition coefficient (Wildman–Crippen LogP) is 2.25. The van der Waals surface area contributed by atoms with Gasteiger partial charge in [0.15, 0.2) is 0 Å². The van der Waals surface area contributed by atoms with Gasteiger partial charge in [-0.2, -0.15) is 0 Å². The van der Waals surface area contributed by atoms with Gasteiger partial charge < -0.3 is 0 Å². The fraction of sp³-hybridized carbons (Fsp3) is 1.00. The quantitative estimate of drug-likeness (QED) is 0.590. The Balaban J connectivity index is 3.14. The largest absolute Gasteiger partial charge is 0.252 e. The minimum atomic E-state index is -2.35. The highest BCUT2D eigenvalue weighted by atomic mass is 79.9. The molecule has 0 aromatic heterocycles. The predicted molar refractivity (Wildman–Crippen MR) is 29.4 cm³/mol. The summed E-state index contributed by atoms with van der Waals surface area (Å²) >= 11 is 7.68. The van der Waals surface area contributed by atoms with Crippen LogP contribution in [-0.2, 0) is 0 Å². The molecule has 0 aromatic rings. The summed E-state index contributed by atoms with van der Waals surface area (Å²) in [5.74, 6) is -0.0440. The molecule has 0 nitrogen and oxygen atoms in total. The highest BCUT2D eigenvalue weighted by molar-refractivity contribution is 9.09. The standard InChI is InChI=1S/C3H4BrClF2/c4-2(1-5)3(6)7/h2-3H,1H2. The van der Waals surface area contributed by atoms with Crippen LogP contribution in [0.2, 0.25) is 0 Å². The van der Waals surface area contributed by atoms with Gasteiger partial charge in [-0.05, 0) is 0 Å².